The Morgan fingerprint density at radius 2 is 1.88 bits per heavy atom. The van der Waals surface area contributed by atoms with Gasteiger partial charge in [0.05, 0.1) is 18.8 Å². The van der Waals surface area contributed by atoms with Gasteiger partial charge in [-0.1, -0.05) is 12.1 Å². The van der Waals surface area contributed by atoms with Gasteiger partial charge in [0.2, 0.25) is 0 Å². The van der Waals surface area contributed by atoms with E-state index >= 15 is 0 Å². The number of hydrogen-bond donors (Lipinski definition) is 1. The van der Waals surface area contributed by atoms with Gasteiger partial charge >= 0.3 is 5.97 Å². The van der Waals surface area contributed by atoms with Gasteiger partial charge in [0.25, 0.3) is 0 Å². The third kappa shape index (κ3) is 5.47. The van der Waals surface area contributed by atoms with E-state index in [9.17, 15) is 4.79 Å². The number of ether oxygens (including phenoxy) is 1. The van der Waals surface area contributed by atoms with Gasteiger partial charge in [-0.3, -0.25) is 0 Å². The zero-order valence-corrected chi connectivity index (χ0v) is 10.3. The number of hydrogen-bond acceptors (Lipinski definition) is 3. The van der Waals surface area contributed by atoms with Gasteiger partial charge in [0.15, 0.2) is 0 Å². The lowest BCUT2D eigenvalue weighted by Crippen LogP contribution is -2.18. The fraction of sp³-hybridized carbons (Fsp3) is 0.462. The summed E-state index contributed by atoms with van der Waals surface area (Å²) in [5, 5.41) is 8.74. The van der Waals surface area contributed by atoms with Crippen molar-refractivity contribution in [2.45, 2.75) is 6.42 Å². The van der Waals surface area contributed by atoms with E-state index in [4.69, 9.17) is 9.84 Å². The molecule has 4 nitrogen and oxygen atoms in total. The maximum Gasteiger partial charge on any atom is 0.335 e. The van der Waals surface area contributed by atoms with Crippen LogP contribution < -0.4 is 0 Å². The predicted molar refractivity (Wildman–Crippen MR) is 66.5 cm³/mol. The molecule has 0 unspecified atom stereocenters. The standard InChI is InChI=1S/C13H19NO3/c1-14(2)8-10-17-9-7-11-3-5-12(6-4-11)13(15)16/h3-6H,7-10H2,1-2H3,(H,15,16). The first-order chi connectivity index (χ1) is 8.09. The fourth-order valence-corrected chi connectivity index (χ4v) is 1.35. The SMILES string of the molecule is CN(C)CCOCCc1ccc(C(=O)O)cc1. The highest BCUT2D eigenvalue weighted by atomic mass is 16.5. The van der Waals surface area contributed by atoms with Crippen LogP contribution in [0.3, 0.4) is 0 Å². The number of nitrogens with zero attached hydrogens (tertiary/aromatic N) is 1. The Morgan fingerprint density at radius 1 is 1.24 bits per heavy atom. The Hall–Kier alpha value is -1.39. The molecule has 0 aromatic heterocycles. The molecule has 0 saturated carbocycles. The lowest BCUT2D eigenvalue weighted by Gasteiger charge is -2.09. The highest BCUT2D eigenvalue weighted by Crippen LogP contribution is 2.05. The van der Waals surface area contributed by atoms with Crippen molar-refractivity contribution < 1.29 is 14.6 Å². The van der Waals surface area contributed by atoms with Gasteiger partial charge < -0.3 is 14.7 Å². The molecule has 4 heteroatoms. The predicted octanol–water partition coefficient (Wildman–Crippen LogP) is 1.51. The highest BCUT2D eigenvalue weighted by Gasteiger charge is 2.01. The summed E-state index contributed by atoms with van der Waals surface area (Å²) in [7, 11) is 4.02. The zero-order chi connectivity index (χ0) is 12.7. The molecule has 0 fully saturated rings. The number of carboxylic acids is 1. The molecule has 1 N–H and O–H groups in total. The molecular formula is C13H19NO3. The Balaban J connectivity index is 2.25. The Kier molecular flexibility index (Phi) is 5.66. The van der Waals surface area contributed by atoms with Crippen molar-refractivity contribution in [3.05, 3.63) is 35.4 Å². The maximum absolute atomic E-state index is 10.6. The van der Waals surface area contributed by atoms with Crippen LogP contribution in [0, 0.1) is 0 Å². The van der Waals surface area contributed by atoms with Crippen LogP contribution in [0.25, 0.3) is 0 Å². The van der Waals surface area contributed by atoms with Crippen LogP contribution in [0.15, 0.2) is 24.3 Å². The summed E-state index contributed by atoms with van der Waals surface area (Å²) >= 11 is 0. The summed E-state index contributed by atoms with van der Waals surface area (Å²) in [4.78, 5) is 12.7. The first kappa shape index (κ1) is 13.7. The number of aromatic carboxylic acids is 1. The van der Waals surface area contributed by atoms with Crippen molar-refractivity contribution in [1.29, 1.82) is 0 Å². The average Bonchev–Trinajstić information content (AvgIpc) is 2.29. The summed E-state index contributed by atoms with van der Waals surface area (Å²) < 4.78 is 5.47. The molecule has 0 aliphatic rings. The minimum absolute atomic E-state index is 0.322. The van der Waals surface area contributed by atoms with Gasteiger partial charge in [-0.15, -0.1) is 0 Å². The topological polar surface area (TPSA) is 49.8 Å². The number of benzene rings is 1. The summed E-state index contributed by atoms with van der Waals surface area (Å²) in [6.45, 7) is 2.30. The number of likely N-dealkylation sites (N-methyl/N-ethyl adjacent to an activating group) is 1. The van der Waals surface area contributed by atoms with Crippen molar-refractivity contribution in [3.63, 3.8) is 0 Å². The summed E-state index contributed by atoms with van der Waals surface area (Å²) in [6.07, 6.45) is 0.813. The fourth-order valence-electron chi connectivity index (χ4n) is 1.35. The summed E-state index contributed by atoms with van der Waals surface area (Å²) in [6, 6.07) is 6.91. The molecule has 0 bridgehead atoms. The minimum Gasteiger partial charge on any atom is -0.478 e. The van der Waals surface area contributed by atoms with Crippen molar-refractivity contribution in [2.75, 3.05) is 33.9 Å². The lowest BCUT2D eigenvalue weighted by atomic mass is 10.1. The van der Waals surface area contributed by atoms with E-state index in [0.29, 0.717) is 12.2 Å². The van der Waals surface area contributed by atoms with E-state index in [1.807, 2.05) is 26.2 Å². The van der Waals surface area contributed by atoms with Crippen molar-refractivity contribution in [1.82, 2.24) is 4.90 Å². The molecule has 1 aromatic carbocycles. The van der Waals surface area contributed by atoms with E-state index in [1.54, 1.807) is 12.1 Å². The summed E-state index contributed by atoms with van der Waals surface area (Å²) in [5.74, 6) is -0.890. The highest BCUT2D eigenvalue weighted by molar-refractivity contribution is 5.87. The molecule has 1 aromatic rings. The van der Waals surface area contributed by atoms with Crippen LogP contribution in [0.2, 0.25) is 0 Å². The maximum atomic E-state index is 10.6. The smallest absolute Gasteiger partial charge is 0.335 e. The van der Waals surface area contributed by atoms with Gasteiger partial charge in [0.1, 0.15) is 0 Å². The molecule has 17 heavy (non-hydrogen) atoms. The van der Waals surface area contributed by atoms with Gasteiger partial charge in [-0.05, 0) is 38.2 Å². The Morgan fingerprint density at radius 3 is 2.41 bits per heavy atom. The Bertz CT molecular complexity index is 346. The number of carbonyl (C=O) groups is 1. The quantitative estimate of drug-likeness (QED) is 0.730. The first-order valence-corrected chi connectivity index (χ1v) is 5.64. The minimum atomic E-state index is -0.890. The van der Waals surface area contributed by atoms with Crippen LogP contribution in [-0.4, -0.2) is 49.8 Å². The molecule has 0 radical (unpaired) electrons. The molecule has 0 aliphatic heterocycles. The van der Waals surface area contributed by atoms with Crippen LogP contribution in [0.5, 0.6) is 0 Å². The Labute approximate surface area is 102 Å². The van der Waals surface area contributed by atoms with E-state index in [-0.39, 0.29) is 0 Å². The molecule has 0 heterocycles. The van der Waals surface area contributed by atoms with Crippen LogP contribution in [0.1, 0.15) is 15.9 Å². The lowest BCUT2D eigenvalue weighted by molar-refractivity contribution is 0.0697. The second-order valence-electron chi connectivity index (χ2n) is 4.17. The van der Waals surface area contributed by atoms with Crippen LogP contribution >= 0.6 is 0 Å². The molecule has 0 spiro atoms. The molecule has 0 aliphatic carbocycles. The van der Waals surface area contributed by atoms with Crippen molar-refractivity contribution in [3.8, 4) is 0 Å². The van der Waals surface area contributed by atoms with Crippen LogP contribution in [-0.2, 0) is 11.2 Å². The van der Waals surface area contributed by atoms with E-state index in [2.05, 4.69) is 4.90 Å². The number of rotatable bonds is 7. The van der Waals surface area contributed by atoms with Crippen molar-refractivity contribution in [2.24, 2.45) is 0 Å². The molecule has 94 valence electrons. The van der Waals surface area contributed by atoms with Gasteiger partial charge in [-0.25, -0.2) is 4.79 Å². The van der Waals surface area contributed by atoms with Crippen molar-refractivity contribution >= 4 is 5.97 Å². The van der Waals surface area contributed by atoms with Crippen LogP contribution in [0.4, 0.5) is 0 Å². The second kappa shape index (κ2) is 7.04. The zero-order valence-electron chi connectivity index (χ0n) is 10.3. The largest absolute Gasteiger partial charge is 0.478 e. The van der Waals surface area contributed by atoms with E-state index in [1.165, 1.54) is 0 Å². The third-order valence-electron chi connectivity index (χ3n) is 2.42. The molecule has 0 saturated heterocycles. The number of carboxylic acid groups (broad SMARTS) is 1. The van der Waals surface area contributed by atoms with Gasteiger partial charge in [-0.2, -0.15) is 0 Å². The first-order valence-electron chi connectivity index (χ1n) is 5.64. The van der Waals surface area contributed by atoms with Gasteiger partial charge in [0, 0.05) is 6.54 Å². The second-order valence-corrected chi connectivity index (χ2v) is 4.17. The monoisotopic (exact) mass is 237 g/mol. The third-order valence-corrected chi connectivity index (χ3v) is 2.42. The molecular weight excluding hydrogens is 218 g/mol. The normalized spacial score (nSPS) is 10.8. The summed E-state index contributed by atoms with van der Waals surface area (Å²) in [5.41, 5.74) is 1.42. The van der Waals surface area contributed by atoms with E-state index in [0.717, 1.165) is 25.1 Å². The molecule has 1 rings (SSSR count). The van der Waals surface area contributed by atoms with E-state index < -0.39 is 5.97 Å². The average molecular weight is 237 g/mol. The molecule has 0 atom stereocenters. The molecule has 0 amide bonds.